The summed E-state index contributed by atoms with van der Waals surface area (Å²) in [6, 6.07) is 8.83. The van der Waals surface area contributed by atoms with Gasteiger partial charge in [0.05, 0.1) is 41.8 Å². The number of H-pyrrole nitrogens is 1. The van der Waals surface area contributed by atoms with Gasteiger partial charge in [-0.1, -0.05) is 50.3 Å². The molecule has 1 aromatic heterocycles. The van der Waals surface area contributed by atoms with Crippen molar-refractivity contribution in [2.45, 2.75) is 40.9 Å². The molecule has 0 fully saturated rings. The van der Waals surface area contributed by atoms with Crippen molar-refractivity contribution in [2.24, 2.45) is 5.10 Å². The molecule has 300 valence electrons. The average molecular weight is 1010 g/mol. The first-order valence-corrected chi connectivity index (χ1v) is 22.1. The van der Waals surface area contributed by atoms with Crippen LogP contribution in [0, 0.1) is 6.92 Å². The maximum atomic E-state index is 13.5. The van der Waals surface area contributed by atoms with Gasteiger partial charge >= 0.3 is 206 Å². The third-order valence-electron chi connectivity index (χ3n) is 9.34. The molecule has 0 saturated heterocycles. The molecule has 6 rings (SSSR count). The first-order valence-electron chi connectivity index (χ1n) is 16.3. The Labute approximate surface area is 521 Å². The third kappa shape index (κ3) is 12.9. The fraction of sp³-hybridized carbons (Fsp3) is 0.171. The Morgan fingerprint density at radius 1 is 0.721 bits per heavy atom. The number of anilines is 2. The molecule has 26 heteroatoms. The van der Waals surface area contributed by atoms with E-state index in [1.54, 1.807) is 35.3 Å². The van der Waals surface area contributed by atoms with Crippen LogP contribution in [-0.2, 0) is 45.9 Å². The van der Waals surface area contributed by atoms with E-state index in [1.165, 1.54) is 43.4 Å². The summed E-state index contributed by atoms with van der Waals surface area (Å²) in [4.78, 5) is 28.2. The molecule has 4 aromatic rings. The first-order chi connectivity index (χ1) is 26.3. The molecule has 61 heavy (non-hydrogen) atoms. The topological polar surface area (TPSA) is 298 Å². The molecular weight excluding hydrogens is 985 g/mol. The number of pyridine rings is 1. The van der Waals surface area contributed by atoms with E-state index in [9.17, 15) is 61.5 Å². The largest absolute Gasteiger partial charge is 1.00 e. The van der Waals surface area contributed by atoms with Crippen LogP contribution in [0.3, 0.4) is 0 Å². The smallest absolute Gasteiger partial charge is 0.748 e. The van der Waals surface area contributed by atoms with E-state index in [1.807, 2.05) is 13.8 Å². The van der Waals surface area contributed by atoms with Crippen LogP contribution in [-0.4, -0.2) is 75.1 Å². The molecule has 0 saturated carbocycles. The fourth-order valence-corrected chi connectivity index (χ4v) is 8.84. The van der Waals surface area contributed by atoms with Gasteiger partial charge in [0.25, 0.3) is 11.5 Å². The molecular formula is C35H28K4N4O14S4. The fourth-order valence-electron chi connectivity index (χ4n) is 6.80. The number of nitrogens with one attached hydrogen (secondary N) is 1. The van der Waals surface area contributed by atoms with E-state index in [-0.39, 0.29) is 234 Å². The minimum Gasteiger partial charge on any atom is -0.748 e. The maximum Gasteiger partial charge on any atom is 1.00 e. The van der Waals surface area contributed by atoms with E-state index in [2.05, 4.69) is 10.1 Å². The summed E-state index contributed by atoms with van der Waals surface area (Å²) < 4.78 is 141. The zero-order valence-electron chi connectivity index (χ0n) is 33.7. The quantitative estimate of drug-likeness (QED) is 0.0877. The van der Waals surface area contributed by atoms with Crippen LogP contribution in [0.1, 0.15) is 35.3 Å². The van der Waals surface area contributed by atoms with Crippen LogP contribution in [0.15, 0.2) is 109 Å². The SMILES string of the molecule is Cc1c2c([nH]c(=O)\c1=C/C=C/C=C/C=C1/N(CCS(=O)(=O)[O-])c3ccc4cc(S(=O)(=O)[O-])ccc4c3C1(C)C)=NN(c1cc(S(=O)(=O)[O-])ccc1S(=O)(=O)[O-])C2=O.[K+].[K+].[K+].[K+]. The van der Waals surface area contributed by atoms with E-state index >= 15 is 0 Å². The van der Waals surface area contributed by atoms with Gasteiger partial charge in [0.1, 0.15) is 30.4 Å². The van der Waals surface area contributed by atoms with Gasteiger partial charge in [-0.15, -0.1) is 5.10 Å². The molecule has 1 amide bonds. The Hall–Kier alpha value is 1.22. The van der Waals surface area contributed by atoms with Crippen molar-refractivity contribution in [2.75, 3.05) is 22.2 Å². The van der Waals surface area contributed by atoms with Gasteiger partial charge in [-0.05, 0) is 77.4 Å². The van der Waals surface area contributed by atoms with Crippen LogP contribution >= 0.6 is 0 Å². The zero-order chi connectivity index (χ0) is 42.0. The molecule has 0 atom stereocenters. The monoisotopic (exact) mass is 1010 g/mol. The number of fused-ring (bicyclic) bond motifs is 4. The van der Waals surface area contributed by atoms with Crippen LogP contribution in [0.25, 0.3) is 16.8 Å². The molecule has 0 aliphatic carbocycles. The van der Waals surface area contributed by atoms with Crippen LogP contribution in [0.2, 0.25) is 0 Å². The van der Waals surface area contributed by atoms with Crippen molar-refractivity contribution >= 4 is 74.6 Å². The van der Waals surface area contributed by atoms with Crippen molar-refractivity contribution in [3.05, 3.63) is 122 Å². The third-order valence-corrected chi connectivity index (χ3v) is 12.6. The van der Waals surface area contributed by atoms with Crippen molar-refractivity contribution in [3.8, 4) is 0 Å². The standard InChI is InChI=1S/C35H32N4O14S4.4K/c1-20-24(33(40)36-32-30(20)34(41)39(37-32)27-19-23(56(48,49)50)12-15-28(27)57(51,52)53)8-6-4-5-7-9-29-35(2,3)31-25-13-11-22(55(45,46)47)18-21(25)10-14-26(31)38(29)16-17-54(42,43)44;;;;/h4-15,18-19H,16-17H2,1-3H3,(H,36,37,40)(H,42,43,44)(H,45,46,47)(H,48,49,50)(H,51,52,53);;;;/q;4*+1/p-4/b6-4+,7-5+,24-8-,29-9+;;;;. The molecule has 3 aromatic carbocycles. The van der Waals surface area contributed by atoms with Crippen molar-refractivity contribution in [1.29, 1.82) is 0 Å². The number of rotatable bonds is 10. The van der Waals surface area contributed by atoms with Gasteiger partial charge in [-0.25, -0.2) is 33.7 Å². The molecule has 2 aliphatic heterocycles. The number of aromatic amines is 1. The minimum atomic E-state index is -5.31. The second-order valence-corrected chi connectivity index (χ2v) is 18.9. The van der Waals surface area contributed by atoms with Crippen molar-refractivity contribution in [3.63, 3.8) is 0 Å². The number of allylic oxidation sites excluding steroid dienone is 6. The summed E-state index contributed by atoms with van der Waals surface area (Å²) in [7, 11) is -19.8. The molecule has 1 N–H and O–H groups in total. The molecule has 3 heterocycles. The number of amides is 1. The minimum absolute atomic E-state index is 0. The molecule has 2 aliphatic rings. The summed E-state index contributed by atoms with van der Waals surface area (Å²) >= 11 is 0. The summed E-state index contributed by atoms with van der Waals surface area (Å²) in [6.45, 7) is 4.89. The Kier molecular flexibility index (Phi) is 21.1. The van der Waals surface area contributed by atoms with Gasteiger partial charge in [0.15, 0.2) is 5.49 Å². The van der Waals surface area contributed by atoms with Gasteiger partial charge in [0, 0.05) is 28.6 Å². The van der Waals surface area contributed by atoms with Crippen molar-refractivity contribution < 1.29 is 262 Å². The number of carbonyl (C=O) groups is 1. The second-order valence-electron chi connectivity index (χ2n) is 13.3. The van der Waals surface area contributed by atoms with E-state index in [0.29, 0.717) is 50.9 Å². The number of hydrogen-bond acceptors (Lipinski definition) is 16. The van der Waals surface area contributed by atoms with E-state index < -0.39 is 83.5 Å². The number of benzene rings is 3. The van der Waals surface area contributed by atoms with Gasteiger partial charge in [-0.2, -0.15) is 5.01 Å². The first kappa shape index (κ1) is 58.3. The molecule has 0 unspecified atom stereocenters. The van der Waals surface area contributed by atoms with Gasteiger partial charge in [-0.3, -0.25) is 9.59 Å². The van der Waals surface area contributed by atoms with Crippen LogP contribution in [0.5, 0.6) is 0 Å². The normalized spacial score (nSPS) is 15.9. The van der Waals surface area contributed by atoms with Gasteiger partial charge < -0.3 is 28.1 Å². The maximum absolute atomic E-state index is 13.5. The Morgan fingerprint density at radius 3 is 1.87 bits per heavy atom. The molecule has 18 nitrogen and oxygen atoms in total. The summed E-state index contributed by atoms with van der Waals surface area (Å²) in [6.07, 6.45) is 9.16. The molecule has 0 spiro atoms. The summed E-state index contributed by atoms with van der Waals surface area (Å²) in [5, 5.41) is 5.33. The number of nitrogens with zero attached hydrogens (tertiary/aromatic N) is 3. The molecule has 0 bridgehead atoms. The zero-order valence-corrected chi connectivity index (χ0v) is 49.4. The van der Waals surface area contributed by atoms with E-state index in [0.717, 1.165) is 0 Å². The van der Waals surface area contributed by atoms with Crippen molar-refractivity contribution in [1.82, 2.24) is 4.98 Å². The van der Waals surface area contributed by atoms with Crippen LogP contribution in [0.4, 0.5) is 11.4 Å². The number of hydrogen-bond donors (Lipinski definition) is 1. The number of aromatic nitrogens is 1. The predicted molar refractivity (Wildman–Crippen MR) is 199 cm³/mol. The Bertz CT molecular complexity index is 3190. The second kappa shape index (κ2) is 22.1. The average Bonchev–Trinajstić information content (AvgIpc) is 3.53. The Morgan fingerprint density at radius 2 is 1.30 bits per heavy atom. The summed E-state index contributed by atoms with van der Waals surface area (Å²) in [5.74, 6) is -1.76. The van der Waals surface area contributed by atoms with Gasteiger partial charge in [0.2, 0.25) is 0 Å². The van der Waals surface area contributed by atoms with E-state index in [4.69, 9.17) is 0 Å². The predicted octanol–water partition coefficient (Wildman–Crippen LogP) is -11.1. The number of carbonyl (C=O) groups excluding carboxylic acids is 1. The van der Waals surface area contributed by atoms with Crippen LogP contribution < -0.4 is 232 Å². The summed E-state index contributed by atoms with van der Waals surface area (Å²) in [5.41, 5.74) is -0.976. The Balaban J connectivity index is 0.00000320. The molecule has 0 radical (unpaired) electrons.